The van der Waals surface area contributed by atoms with Gasteiger partial charge in [-0.15, -0.1) is 0 Å². The van der Waals surface area contributed by atoms with Crippen molar-refractivity contribution >= 4 is 23.8 Å². The molecule has 0 saturated carbocycles. The first-order chi connectivity index (χ1) is 7.66. The number of carbonyl (C=O) groups is 1. The summed E-state index contributed by atoms with van der Waals surface area (Å²) in [6.45, 7) is 1.45. The van der Waals surface area contributed by atoms with Gasteiger partial charge < -0.3 is 5.32 Å². The topological polar surface area (TPSA) is 75.6 Å². The Morgan fingerprint density at radius 3 is 2.88 bits per heavy atom. The van der Waals surface area contributed by atoms with Crippen LogP contribution in [0.5, 0.6) is 0 Å². The summed E-state index contributed by atoms with van der Waals surface area (Å²) in [6, 6.07) is 7.21. The zero-order valence-electron chi connectivity index (χ0n) is 8.77. The van der Waals surface area contributed by atoms with Crippen molar-refractivity contribution in [2.75, 3.05) is 5.32 Å². The molecule has 6 nitrogen and oxygen atoms in total. The van der Waals surface area contributed by atoms with Crippen LogP contribution in [0.25, 0.3) is 5.69 Å². The van der Waals surface area contributed by atoms with Crippen molar-refractivity contribution in [2.45, 2.75) is 6.92 Å². The Morgan fingerprint density at radius 1 is 1.53 bits per heavy atom. The third-order valence-electron chi connectivity index (χ3n) is 1.90. The zero-order chi connectivity index (χ0) is 11.5. The van der Waals surface area contributed by atoms with Gasteiger partial charge in [0.1, 0.15) is 0 Å². The predicted molar refractivity (Wildman–Crippen MR) is 60.8 cm³/mol. The van der Waals surface area contributed by atoms with Crippen molar-refractivity contribution in [3.63, 3.8) is 0 Å². The second kappa shape index (κ2) is 5.87. The van der Waals surface area contributed by atoms with E-state index in [-0.39, 0.29) is 28.3 Å². The van der Waals surface area contributed by atoms with E-state index < -0.39 is 0 Å². The molecule has 2 N–H and O–H groups in total. The van der Waals surface area contributed by atoms with Crippen LogP contribution in [-0.4, -0.2) is 26.1 Å². The number of aromatic amines is 1. The van der Waals surface area contributed by atoms with E-state index in [1.165, 1.54) is 6.92 Å². The molecule has 1 aromatic heterocycles. The monoisotopic (exact) mass is 342 g/mol. The Labute approximate surface area is 118 Å². The summed E-state index contributed by atoms with van der Waals surface area (Å²) in [7, 11) is 0. The Kier molecular flexibility index (Phi) is 4.76. The van der Waals surface area contributed by atoms with E-state index in [0.717, 1.165) is 5.69 Å². The van der Waals surface area contributed by atoms with Crippen molar-refractivity contribution < 1.29 is 27.2 Å². The number of H-pyrrole nitrogens is 1. The fraction of sp³-hybridized carbons (Fsp3) is 0.111. The summed E-state index contributed by atoms with van der Waals surface area (Å²) < 4.78 is 1.88. The van der Waals surface area contributed by atoms with E-state index in [2.05, 4.69) is 20.8 Å². The fourth-order valence-corrected chi connectivity index (χ4v) is 1.48. The van der Waals surface area contributed by atoms with Crippen LogP contribution in [-0.2, 0) is 27.2 Å². The average molecular weight is 343 g/mol. The first-order valence-corrected chi connectivity index (χ1v) is 4.96. The molecule has 0 bridgehead atoms. The van der Waals surface area contributed by atoms with Crippen molar-refractivity contribution in [3.8, 4) is 5.69 Å². The Balaban J connectivity index is 0.00000144. The minimum atomic E-state index is -0.122. The van der Waals surface area contributed by atoms with E-state index >= 15 is 0 Å². The molecule has 93 valence electrons. The summed E-state index contributed by atoms with van der Waals surface area (Å²) in [6.07, 6.45) is 0. The molecule has 0 aliphatic carbocycles. The molecular weight excluding hydrogens is 334 g/mol. The van der Waals surface area contributed by atoms with Gasteiger partial charge in [-0.1, -0.05) is 16.4 Å². The van der Waals surface area contributed by atoms with E-state index in [0.29, 0.717) is 10.5 Å². The molecule has 2 rings (SSSR count). The number of nitrogens with zero attached hydrogens (tertiary/aromatic N) is 3. The standard InChI is InChI=1S/C9H9N5OS.Ag/c1-6(15)10-7-3-2-4-8(5-7)14-9(16)11-12-13-14;/h2-5H,1H3,(H,10,15)(H,11,13,16);. The molecule has 17 heavy (non-hydrogen) atoms. The maximum Gasteiger partial charge on any atom is 0.242 e. The fourth-order valence-electron chi connectivity index (χ4n) is 1.29. The van der Waals surface area contributed by atoms with Crippen molar-refractivity contribution in [1.82, 2.24) is 20.2 Å². The molecule has 1 aromatic carbocycles. The molecule has 0 saturated heterocycles. The molecule has 1 radical (unpaired) electrons. The number of amides is 1. The van der Waals surface area contributed by atoms with Gasteiger partial charge in [0.05, 0.1) is 5.69 Å². The van der Waals surface area contributed by atoms with Gasteiger partial charge in [0.2, 0.25) is 10.7 Å². The molecule has 1 heterocycles. The second-order valence-corrected chi connectivity index (χ2v) is 3.51. The minimum absolute atomic E-state index is 0. The molecule has 8 heteroatoms. The number of hydrogen-bond donors (Lipinski definition) is 2. The number of rotatable bonds is 2. The molecule has 0 unspecified atom stereocenters. The molecule has 0 spiro atoms. The van der Waals surface area contributed by atoms with E-state index in [4.69, 9.17) is 12.2 Å². The van der Waals surface area contributed by atoms with Crippen LogP contribution < -0.4 is 5.32 Å². The zero-order valence-corrected chi connectivity index (χ0v) is 11.1. The third kappa shape index (κ3) is 3.34. The molecule has 1 amide bonds. The van der Waals surface area contributed by atoms with Gasteiger partial charge in [-0.25, -0.2) is 4.68 Å². The van der Waals surface area contributed by atoms with E-state index in [9.17, 15) is 4.79 Å². The number of tetrazole rings is 1. The van der Waals surface area contributed by atoms with Crippen LogP contribution in [0.4, 0.5) is 5.69 Å². The SMILES string of the molecule is CC(=O)Nc1cccc(-n2[nH]nnc2=S)c1.[Ag]. The van der Waals surface area contributed by atoms with Gasteiger partial charge in [0, 0.05) is 35.0 Å². The third-order valence-corrected chi connectivity index (χ3v) is 2.16. The molecule has 0 atom stereocenters. The van der Waals surface area contributed by atoms with Crippen LogP contribution in [0.2, 0.25) is 0 Å². The summed E-state index contributed by atoms with van der Waals surface area (Å²) >= 11 is 4.97. The van der Waals surface area contributed by atoms with Crippen LogP contribution in [0.3, 0.4) is 0 Å². The summed E-state index contributed by atoms with van der Waals surface area (Å²) in [5.41, 5.74) is 1.46. The van der Waals surface area contributed by atoms with Crippen molar-refractivity contribution in [2.24, 2.45) is 0 Å². The van der Waals surface area contributed by atoms with Crippen LogP contribution in [0, 0.1) is 4.77 Å². The summed E-state index contributed by atoms with van der Waals surface area (Å²) in [5.74, 6) is -0.122. The maximum atomic E-state index is 10.9. The number of nitrogens with one attached hydrogen (secondary N) is 2. The quantitative estimate of drug-likeness (QED) is 0.636. The minimum Gasteiger partial charge on any atom is -0.326 e. The largest absolute Gasteiger partial charge is 0.326 e. The van der Waals surface area contributed by atoms with Gasteiger partial charge in [0.25, 0.3) is 0 Å². The predicted octanol–water partition coefficient (Wildman–Crippen LogP) is 1.28. The van der Waals surface area contributed by atoms with Gasteiger partial charge in [0.15, 0.2) is 0 Å². The molecular formula is C9H9AgN5OS. The number of anilines is 1. The number of hydrogen-bond acceptors (Lipinski definition) is 4. The normalized spacial score (nSPS) is 9.47. The number of benzene rings is 1. The summed E-state index contributed by atoms with van der Waals surface area (Å²) in [4.78, 5) is 10.9. The number of aromatic nitrogens is 4. The maximum absolute atomic E-state index is 10.9. The number of carbonyl (C=O) groups excluding carboxylic acids is 1. The average Bonchev–Trinajstić information content (AvgIpc) is 2.64. The Morgan fingerprint density at radius 2 is 2.29 bits per heavy atom. The van der Waals surface area contributed by atoms with Crippen molar-refractivity contribution in [1.29, 1.82) is 0 Å². The van der Waals surface area contributed by atoms with Gasteiger partial charge >= 0.3 is 0 Å². The Hall–Kier alpha value is -1.28. The molecule has 0 aliphatic rings. The Bertz CT molecular complexity index is 579. The second-order valence-electron chi connectivity index (χ2n) is 3.15. The van der Waals surface area contributed by atoms with Crippen molar-refractivity contribution in [3.05, 3.63) is 29.0 Å². The summed E-state index contributed by atoms with van der Waals surface area (Å²) in [5, 5.41) is 12.6. The van der Waals surface area contributed by atoms with Gasteiger partial charge in [-0.05, 0) is 30.4 Å². The van der Waals surface area contributed by atoms with Crippen LogP contribution in [0.15, 0.2) is 24.3 Å². The molecule has 0 aliphatic heterocycles. The molecule has 0 fully saturated rings. The van der Waals surface area contributed by atoms with E-state index in [1.807, 2.05) is 12.1 Å². The van der Waals surface area contributed by atoms with E-state index in [1.54, 1.807) is 16.8 Å². The van der Waals surface area contributed by atoms with Crippen LogP contribution in [0.1, 0.15) is 6.92 Å². The van der Waals surface area contributed by atoms with Gasteiger partial charge in [-0.2, -0.15) is 5.21 Å². The van der Waals surface area contributed by atoms with Crippen LogP contribution >= 0.6 is 12.2 Å². The first-order valence-electron chi connectivity index (χ1n) is 4.55. The van der Waals surface area contributed by atoms with Gasteiger partial charge in [-0.3, -0.25) is 4.79 Å². The first kappa shape index (κ1) is 13.8. The molecule has 2 aromatic rings. The smallest absolute Gasteiger partial charge is 0.242 e.